The lowest BCUT2D eigenvalue weighted by molar-refractivity contribution is -0.385. The van der Waals surface area contributed by atoms with Gasteiger partial charge in [0.15, 0.2) is 0 Å². The molecule has 1 aromatic heterocycles. The predicted octanol–water partition coefficient (Wildman–Crippen LogP) is 5.39. The van der Waals surface area contributed by atoms with Crippen LogP contribution in [0.15, 0.2) is 66.7 Å². The van der Waals surface area contributed by atoms with Crippen molar-refractivity contribution in [3.05, 3.63) is 88.0 Å². The first-order valence-corrected chi connectivity index (χ1v) is 10.1. The summed E-state index contributed by atoms with van der Waals surface area (Å²) in [5.74, 6) is 0.786. The molecule has 166 valence electrons. The van der Waals surface area contributed by atoms with Gasteiger partial charge in [0.25, 0.3) is 11.6 Å². The Labute approximate surface area is 189 Å². The highest BCUT2D eigenvalue weighted by atomic mass is 16.6. The minimum atomic E-state index is -0.471. The van der Waals surface area contributed by atoms with Crippen molar-refractivity contribution in [2.24, 2.45) is 0 Å². The number of amides is 1. The summed E-state index contributed by atoms with van der Waals surface area (Å²) in [5, 5.41) is 14.7. The summed E-state index contributed by atoms with van der Waals surface area (Å²) in [5.41, 5.74) is 3.06. The van der Waals surface area contributed by atoms with Gasteiger partial charge in [-0.1, -0.05) is 24.3 Å². The lowest BCUT2D eigenvalue weighted by atomic mass is 10.0. The van der Waals surface area contributed by atoms with Crippen LogP contribution in [0.5, 0.6) is 11.5 Å². The Hall–Kier alpha value is -4.46. The van der Waals surface area contributed by atoms with E-state index in [-0.39, 0.29) is 5.69 Å². The lowest BCUT2D eigenvalue weighted by Gasteiger charge is -2.13. The maximum Gasteiger partial charge on any atom is 0.274 e. The smallest absolute Gasteiger partial charge is 0.274 e. The minimum Gasteiger partial charge on any atom is -0.497 e. The van der Waals surface area contributed by atoms with Crippen molar-refractivity contribution in [3.63, 3.8) is 0 Å². The number of nitro benzene ring substituents is 1. The molecule has 0 radical (unpaired) electrons. The van der Waals surface area contributed by atoms with Gasteiger partial charge in [0.1, 0.15) is 11.5 Å². The van der Waals surface area contributed by atoms with Gasteiger partial charge in [-0.3, -0.25) is 14.9 Å². The Morgan fingerprint density at radius 2 is 1.79 bits per heavy atom. The van der Waals surface area contributed by atoms with E-state index in [1.54, 1.807) is 51.5 Å². The first kappa shape index (κ1) is 21.8. The summed E-state index contributed by atoms with van der Waals surface area (Å²) in [7, 11) is 3.12. The van der Waals surface area contributed by atoms with Crippen molar-refractivity contribution in [2.75, 3.05) is 19.5 Å². The molecule has 0 aliphatic heterocycles. The third-order valence-electron chi connectivity index (χ3n) is 5.31. The van der Waals surface area contributed by atoms with Crippen LogP contribution in [0, 0.1) is 17.0 Å². The number of hydrogen-bond acceptors (Lipinski definition) is 6. The quantitative estimate of drug-likeness (QED) is 0.317. The SMILES string of the molecule is COc1ccc(-c2cc(C(=O)Nc3ccc(C)c([N+](=O)[O-])c3)c3ccccc3n2)c(OC)c1. The van der Waals surface area contributed by atoms with Crippen LogP contribution in [0.2, 0.25) is 0 Å². The maximum atomic E-state index is 13.3. The van der Waals surface area contributed by atoms with Crippen molar-refractivity contribution in [1.29, 1.82) is 0 Å². The van der Waals surface area contributed by atoms with Crippen molar-refractivity contribution < 1.29 is 19.2 Å². The standard InChI is InChI=1S/C25H21N3O5/c1-15-8-9-16(12-23(15)28(30)31)26-25(29)20-14-22(27-21-7-5-4-6-18(20)21)19-11-10-17(32-2)13-24(19)33-3/h4-14H,1-3H3,(H,26,29). The highest BCUT2D eigenvalue weighted by Crippen LogP contribution is 2.34. The molecule has 1 heterocycles. The fourth-order valence-corrected chi connectivity index (χ4v) is 3.59. The number of fused-ring (bicyclic) bond motifs is 1. The number of nitrogens with zero attached hydrogens (tertiary/aromatic N) is 2. The van der Waals surface area contributed by atoms with E-state index < -0.39 is 10.8 Å². The van der Waals surface area contributed by atoms with Crippen molar-refractivity contribution in [1.82, 2.24) is 4.98 Å². The number of methoxy groups -OCH3 is 2. The molecule has 0 aliphatic rings. The molecule has 8 heteroatoms. The number of ether oxygens (including phenoxy) is 2. The number of aryl methyl sites for hydroxylation is 1. The van der Waals surface area contributed by atoms with E-state index in [9.17, 15) is 14.9 Å². The molecule has 4 rings (SSSR count). The number of anilines is 1. The van der Waals surface area contributed by atoms with Gasteiger partial charge in [0.05, 0.1) is 35.9 Å². The van der Waals surface area contributed by atoms with E-state index in [0.29, 0.717) is 50.5 Å². The fraction of sp³-hybridized carbons (Fsp3) is 0.120. The summed E-state index contributed by atoms with van der Waals surface area (Å²) in [4.78, 5) is 28.8. The van der Waals surface area contributed by atoms with Crippen LogP contribution in [0.25, 0.3) is 22.2 Å². The zero-order valence-electron chi connectivity index (χ0n) is 18.3. The number of aromatic nitrogens is 1. The first-order valence-electron chi connectivity index (χ1n) is 10.1. The summed E-state index contributed by atoms with van der Waals surface area (Å²) in [6, 6.07) is 18.9. The third kappa shape index (κ3) is 4.31. The van der Waals surface area contributed by atoms with Gasteiger partial charge in [-0.25, -0.2) is 4.98 Å². The molecule has 3 aromatic carbocycles. The average molecular weight is 443 g/mol. The number of rotatable bonds is 6. The Morgan fingerprint density at radius 3 is 2.52 bits per heavy atom. The molecule has 0 saturated heterocycles. The average Bonchev–Trinajstić information content (AvgIpc) is 2.83. The number of carbonyl (C=O) groups excluding carboxylic acids is 1. The number of pyridine rings is 1. The molecular weight excluding hydrogens is 422 g/mol. The fourth-order valence-electron chi connectivity index (χ4n) is 3.59. The number of hydrogen-bond donors (Lipinski definition) is 1. The lowest BCUT2D eigenvalue weighted by Crippen LogP contribution is -2.13. The van der Waals surface area contributed by atoms with Gasteiger partial charge in [0.2, 0.25) is 0 Å². The number of carbonyl (C=O) groups is 1. The van der Waals surface area contributed by atoms with Crippen LogP contribution in [-0.4, -0.2) is 30.0 Å². The molecule has 0 spiro atoms. The van der Waals surface area contributed by atoms with Gasteiger partial charge >= 0.3 is 0 Å². The molecule has 0 aliphatic carbocycles. The predicted molar refractivity (Wildman–Crippen MR) is 126 cm³/mol. The molecule has 4 aromatic rings. The van der Waals surface area contributed by atoms with Crippen LogP contribution < -0.4 is 14.8 Å². The zero-order valence-corrected chi connectivity index (χ0v) is 18.3. The second-order valence-electron chi connectivity index (χ2n) is 7.35. The molecule has 0 bridgehead atoms. The van der Waals surface area contributed by atoms with Crippen molar-refractivity contribution >= 4 is 28.2 Å². The number of para-hydroxylation sites is 1. The largest absolute Gasteiger partial charge is 0.497 e. The van der Waals surface area contributed by atoms with Crippen LogP contribution in [0.4, 0.5) is 11.4 Å². The normalized spacial score (nSPS) is 10.6. The molecule has 0 saturated carbocycles. The van der Waals surface area contributed by atoms with Gasteiger partial charge in [0, 0.05) is 34.3 Å². The maximum absolute atomic E-state index is 13.3. The van der Waals surface area contributed by atoms with E-state index in [0.717, 1.165) is 0 Å². The highest BCUT2D eigenvalue weighted by molar-refractivity contribution is 6.13. The van der Waals surface area contributed by atoms with Gasteiger partial charge < -0.3 is 14.8 Å². The van der Waals surface area contributed by atoms with Crippen LogP contribution in [0.3, 0.4) is 0 Å². The van der Waals surface area contributed by atoms with Gasteiger partial charge in [-0.2, -0.15) is 0 Å². The monoisotopic (exact) mass is 443 g/mol. The highest BCUT2D eigenvalue weighted by Gasteiger charge is 2.18. The Bertz CT molecular complexity index is 1380. The summed E-state index contributed by atoms with van der Waals surface area (Å²) in [6.45, 7) is 1.65. The molecule has 33 heavy (non-hydrogen) atoms. The Morgan fingerprint density at radius 1 is 1.00 bits per heavy atom. The van der Waals surface area contributed by atoms with E-state index in [4.69, 9.17) is 14.5 Å². The zero-order chi connectivity index (χ0) is 23.5. The number of nitrogens with one attached hydrogen (secondary N) is 1. The topological polar surface area (TPSA) is 104 Å². The molecule has 0 unspecified atom stereocenters. The molecule has 0 fully saturated rings. The second-order valence-corrected chi connectivity index (χ2v) is 7.35. The van der Waals surface area contributed by atoms with E-state index in [1.807, 2.05) is 30.3 Å². The molecule has 1 N–H and O–H groups in total. The van der Waals surface area contributed by atoms with Crippen LogP contribution in [0.1, 0.15) is 15.9 Å². The minimum absolute atomic E-state index is 0.0592. The number of nitro groups is 1. The first-order chi connectivity index (χ1) is 15.9. The Kier molecular flexibility index (Phi) is 5.91. The van der Waals surface area contributed by atoms with Crippen LogP contribution in [-0.2, 0) is 0 Å². The van der Waals surface area contributed by atoms with Gasteiger partial charge in [-0.05, 0) is 37.3 Å². The summed E-state index contributed by atoms with van der Waals surface area (Å²) < 4.78 is 10.8. The summed E-state index contributed by atoms with van der Waals surface area (Å²) in [6.07, 6.45) is 0. The van der Waals surface area contributed by atoms with E-state index in [1.165, 1.54) is 6.07 Å². The third-order valence-corrected chi connectivity index (χ3v) is 5.31. The second kappa shape index (κ2) is 8.96. The van der Waals surface area contributed by atoms with Crippen molar-refractivity contribution in [3.8, 4) is 22.8 Å². The molecule has 8 nitrogen and oxygen atoms in total. The molecular formula is C25H21N3O5. The number of benzene rings is 3. The molecule has 0 atom stereocenters. The summed E-state index contributed by atoms with van der Waals surface area (Å²) >= 11 is 0. The van der Waals surface area contributed by atoms with E-state index >= 15 is 0 Å². The van der Waals surface area contributed by atoms with Crippen LogP contribution >= 0.6 is 0 Å². The van der Waals surface area contributed by atoms with Gasteiger partial charge in [-0.15, -0.1) is 0 Å². The van der Waals surface area contributed by atoms with E-state index in [2.05, 4.69) is 5.32 Å². The molecule has 1 amide bonds. The van der Waals surface area contributed by atoms with Crippen molar-refractivity contribution in [2.45, 2.75) is 6.92 Å². The Balaban J connectivity index is 1.81.